The molecule has 37 heavy (non-hydrogen) atoms. The summed E-state index contributed by atoms with van der Waals surface area (Å²) in [6, 6.07) is 27.5. The molecule has 0 spiro atoms. The average molecular weight is 502 g/mol. The Labute approximate surface area is 216 Å². The van der Waals surface area contributed by atoms with Gasteiger partial charge in [-0.05, 0) is 42.9 Å². The number of aryl methyl sites for hydroxylation is 1. The van der Waals surface area contributed by atoms with E-state index in [0.717, 1.165) is 21.6 Å². The highest BCUT2D eigenvalue weighted by Crippen LogP contribution is 2.30. The van der Waals surface area contributed by atoms with Crippen molar-refractivity contribution in [1.29, 1.82) is 0 Å². The molecule has 7 heteroatoms. The van der Waals surface area contributed by atoms with Gasteiger partial charge in [0, 0.05) is 0 Å². The zero-order chi connectivity index (χ0) is 26.3. The highest BCUT2D eigenvalue weighted by Gasteiger charge is 2.50. The Morgan fingerprint density at radius 2 is 1.49 bits per heavy atom. The fourth-order valence-electron chi connectivity index (χ4n) is 4.55. The summed E-state index contributed by atoms with van der Waals surface area (Å²) < 4.78 is 10.6. The van der Waals surface area contributed by atoms with Crippen molar-refractivity contribution in [1.82, 2.24) is 4.90 Å². The number of nitrogens with zero attached hydrogens (tertiary/aromatic N) is 1. The SMILES string of the molecule is C[C@@](O)(C(=O)OCc1ccccc1)[C@@H](CCc1ccccc1)C(=O)N1C(=O)OC[C@@H]1Cc1ccccc1. The van der Waals surface area contributed by atoms with Crippen LogP contribution in [0, 0.1) is 5.92 Å². The summed E-state index contributed by atoms with van der Waals surface area (Å²) in [5.74, 6) is -2.80. The molecule has 1 saturated heterocycles. The number of cyclic esters (lactones) is 1. The molecular formula is C30H31NO6. The summed E-state index contributed by atoms with van der Waals surface area (Å²) in [6.45, 7) is 1.28. The highest BCUT2D eigenvalue weighted by molar-refractivity contribution is 5.98. The largest absolute Gasteiger partial charge is 0.459 e. The van der Waals surface area contributed by atoms with Gasteiger partial charge in [0.15, 0.2) is 5.60 Å². The summed E-state index contributed by atoms with van der Waals surface area (Å²) in [7, 11) is 0. The second kappa shape index (κ2) is 11.8. The quantitative estimate of drug-likeness (QED) is 0.416. The molecule has 0 radical (unpaired) electrons. The Balaban J connectivity index is 1.56. The molecule has 0 aromatic heterocycles. The third-order valence-corrected chi connectivity index (χ3v) is 6.68. The Bertz CT molecular complexity index is 1200. The van der Waals surface area contributed by atoms with Crippen LogP contribution in [0.5, 0.6) is 0 Å². The Kier molecular flexibility index (Phi) is 8.36. The zero-order valence-electron chi connectivity index (χ0n) is 20.8. The van der Waals surface area contributed by atoms with E-state index in [1.807, 2.05) is 78.9 Å². The first-order valence-corrected chi connectivity index (χ1v) is 12.4. The smallest absolute Gasteiger partial charge is 0.416 e. The molecular weight excluding hydrogens is 470 g/mol. The van der Waals surface area contributed by atoms with E-state index >= 15 is 0 Å². The lowest BCUT2D eigenvalue weighted by Gasteiger charge is -2.33. The topological polar surface area (TPSA) is 93.1 Å². The molecule has 1 N–H and O–H groups in total. The van der Waals surface area contributed by atoms with E-state index in [1.54, 1.807) is 12.1 Å². The van der Waals surface area contributed by atoms with Crippen LogP contribution in [-0.4, -0.2) is 46.2 Å². The van der Waals surface area contributed by atoms with E-state index in [1.165, 1.54) is 6.92 Å². The molecule has 1 aliphatic heterocycles. The molecule has 0 aliphatic carbocycles. The maximum absolute atomic E-state index is 13.9. The van der Waals surface area contributed by atoms with Crippen LogP contribution in [-0.2, 0) is 38.5 Å². The van der Waals surface area contributed by atoms with Crippen LogP contribution in [0.25, 0.3) is 0 Å². The average Bonchev–Trinajstić information content (AvgIpc) is 3.28. The zero-order valence-corrected chi connectivity index (χ0v) is 20.8. The van der Waals surface area contributed by atoms with E-state index in [4.69, 9.17) is 9.47 Å². The van der Waals surface area contributed by atoms with Gasteiger partial charge in [-0.3, -0.25) is 4.79 Å². The minimum absolute atomic E-state index is 0.0438. The standard InChI is InChI=1S/C30H31NO6/c1-30(35,28(33)36-20-24-15-9-4-10-16-24)26(18-17-22-11-5-2-6-12-22)27(32)31-25(21-37-29(31)34)19-23-13-7-3-8-14-23/h2-16,25-26,35H,17-21H2,1H3/t25-,26-,30-/m0/s1. The van der Waals surface area contributed by atoms with Crippen molar-refractivity contribution in [3.8, 4) is 0 Å². The van der Waals surface area contributed by atoms with Crippen LogP contribution < -0.4 is 0 Å². The van der Waals surface area contributed by atoms with E-state index in [-0.39, 0.29) is 19.6 Å². The normalized spacial score (nSPS) is 17.5. The van der Waals surface area contributed by atoms with Crippen molar-refractivity contribution in [2.75, 3.05) is 6.61 Å². The molecule has 0 bridgehead atoms. The number of aliphatic hydroxyl groups is 1. The van der Waals surface area contributed by atoms with E-state index in [0.29, 0.717) is 12.8 Å². The monoisotopic (exact) mass is 501 g/mol. The van der Waals surface area contributed by atoms with Crippen LogP contribution in [0.2, 0.25) is 0 Å². The van der Waals surface area contributed by atoms with E-state index in [9.17, 15) is 19.5 Å². The van der Waals surface area contributed by atoms with Crippen molar-refractivity contribution in [3.05, 3.63) is 108 Å². The Morgan fingerprint density at radius 3 is 2.08 bits per heavy atom. The van der Waals surface area contributed by atoms with Gasteiger partial charge in [0.2, 0.25) is 5.91 Å². The minimum atomic E-state index is -2.17. The van der Waals surface area contributed by atoms with Gasteiger partial charge in [-0.2, -0.15) is 0 Å². The van der Waals surface area contributed by atoms with E-state index < -0.39 is 35.5 Å². The van der Waals surface area contributed by atoms with Crippen molar-refractivity contribution < 1.29 is 29.0 Å². The number of imide groups is 1. The summed E-state index contributed by atoms with van der Waals surface area (Å²) in [5.41, 5.74) is 0.475. The molecule has 0 unspecified atom stereocenters. The predicted octanol–water partition coefficient (Wildman–Crippen LogP) is 4.32. The second-order valence-electron chi connectivity index (χ2n) is 9.41. The van der Waals surface area contributed by atoms with Crippen LogP contribution in [0.1, 0.15) is 30.0 Å². The molecule has 192 valence electrons. The van der Waals surface area contributed by atoms with E-state index in [2.05, 4.69) is 0 Å². The lowest BCUT2D eigenvalue weighted by Crippen LogP contribution is -2.54. The number of rotatable bonds is 10. The van der Waals surface area contributed by atoms with Crippen LogP contribution in [0.15, 0.2) is 91.0 Å². The van der Waals surface area contributed by atoms with Crippen LogP contribution >= 0.6 is 0 Å². The Hall–Kier alpha value is -3.97. The van der Waals surface area contributed by atoms with Gasteiger partial charge in [0.1, 0.15) is 13.2 Å². The van der Waals surface area contributed by atoms with Crippen LogP contribution in [0.4, 0.5) is 4.79 Å². The van der Waals surface area contributed by atoms with Gasteiger partial charge in [-0.1, -0.05) is 91.0 Å². The molecule has 4 rings (SSSR count). The van der Waals surface area contributed by atoms with Gasteiger partial charge in [-0.25, -0.2) is 14.5 Å². The number of hydrogen-bond acceptors (Lipinski definition) is 6. The maximum Gasteiger partial charge on any atom is 0.416 e. The molecule has 2 amide bonds. The molecule has 0 saturated carbocycles. The molecule has 1 aliphatic rings. The first kappa shape index (κ1) is 26.1. The molecule has 3 aromatic rings. The molecule has 7 nitrogen and oxygen atoms in total. The fourth-order valence-corrected chi connectivity index (χ4v) is 4.55. The second-order valence-corrected chi connectivity index (χ2v) is 9.41. The summed E-state index contributed by atoms with van der Waals surface area (Å²) in [4.78, 5) is 40.7. The third kappa shape index (κ3) is 6.43. The lowest BCUT2D eigenvalue weighted by molar-refractivity contribution is -0.176. The lowest BCUT2D eigenvalue weighted by atomic mass is 9.83. The van der Waals surface area contributed by atoms with Gasteiger partial charge in [-0.15, -0.1) is 0 Å². The first-order chi connectivity index (χ1) is 17.9. The van der Waals surface area contributed by atoms with Crippen LogP contribution in [0.3, 0.4) is 0 Å². The van der Waals surface area contributed by atoms with Gasteiger partial charge in [0.25, 0.3) is 0 Å². The number of benzene rings is 3. The Morgan fingerprint density at radius 1 is 0.946 bits per heavy atom. The summed E-state index contributed by atoms with van der Waals surface area (Å²) in [6.07, 6.45) is 0.192. The number of carbonyl (C=O) groups is 3. The molecule has 3 atom stereocenters. The number of ether oxygens (including phenoxy) is 2. The molecule has 1 heterocycles. The minimum Gasteiger partial charge on any atom is -0.459 e. The number of amides is 2. The number of hydrogen-bond donors (Lipinski definition) is 1. The first-order valence-electron chi connectivity index (χ1n) is 12.4. The fraction of sp³-hybridized carbons (Fsp3) is 0.300. The number of esters is 1. The molecule has 3 aromatic carbocycles. The van der Waals surface area contributed by atoms with Gasteiger partial charge in [0.05, 0.1) is 12.0 Å². The van der Waals surface area contributed by atoms with Crippen molar-refractivity contribution in [2.45, 2.75) is 44.4 Å². The van der Waals surface area contributed by atoms with Crippen molar-refractivity contribution >= 4 is 18.0 Å². The van der Waals surface area contributed by atoms with Crippen molar-refractivity contribution in [2.24, 2.45) is 5.92 Å². The highest BCUT2D eigenvalue weighted by atomic mass is 16.6. The summed E-state index contributed by atoms with van der Waals surface area (Å²) in [5, 5.41) is 11.4. The van der Waals surface area contributed by atoms with Gasteiger partial charge >= 0.3 is 12.1 Å². The predicted molar refractivity (Wildman–Crippen MR) is 137 cm³/mol. The van der Waals surface area contributed by atoms with Crippen molar-refractivity contribution in [3.63, 3.8) is 0 Å². The third-order valence-electron chi connectivity index (χ3n) is 6.68. The number of carbonyl (C=O) groups excluding carboxylic acids is 3. The maximum atomic E-state index is 13.9. The molecule has 1 fully saturated rings. The van der Waals surface area contributed by atoms with Gasteiger partial charge < -0.3 is 14.6 Å². The summed E-state index contributed by atoms with van der Waals surface area (Å²) >= 11 is 0.